The van der Waals surface area contributed by atoms with Crippen LogP contribution in [-0.4, -0.2) is 69.4 Å². The molecule has 9 nitrogen and oxygen atoms in total. The van der Waals surface area contributed by atoms with Gasteiger partial charge in [-0.15, -0.1) is 0 Å². The highest BCUT2D eigenvalue weighted by atomic mass is 19.3. The van der Waals surface area contributed by atoms with Crippen molar-refractivity contribution in [3.05, 3.63) is 46.8 Å². The molecule has 51 heavy (non-hydrogen) atoms. The third-order valence-corrected chi connectivity index (χ3v) is 13.3. The van der Waals surface area contributed by atoms with E-state index in [1.807, 2.05) is 6.07 Å². The highest BCUT2D eigenvalue weighted by Crippen LogP contribution is 2.58. The van der Waals surface area contributed by atoms with Crippen LogP contribution < -0.4 is 10.2 Å². The molecule has 1 saturated heterocycles. The minimum atomic E-state index is -3.54. The van der Waals surface area contributed by atoms with E-state index in [0.29, 0.717) is 62.2 Å². The molecule has 2 aromatic rings. The van der Waals surface area contributed by atoms with Crippen molar-refractivity contribution in [3.63, 3.8) is 0 Å². The maximum atomic E-state index is 15.4. The van der Waals surface area contributed by atoms with Crippen LogP contribution in [0.5, 0.6) is 0 Å². The average molecular weight is 712 g/mol. The van der Waals surface area contributed by atoms with Crippen LogP contribution in [0.15, 0.2) is 24.4 Å². The van der Waals surface area contributed by atoms with Crippen LogP contribution in [-0.2, 0) is 16.1 Å². The first-order valence-electron chi connectivity index (χ1n) is 18.6. The highest BCUT2D eigenvalue weighted by Gasteiger charge is 2.62. The summed E-state index contributed by atoms with van der Waals surface area (Å²) in [4.78, 5) is 52.6. The molecule has 9 rings (SSSR count). The molecule has 1 aromatic carbocycles. The molecule has 5 saturated carbocycles. The number of carboxylic acids is 1. The number of nitrogens with one attached hydrogen (secondary N) is 1. The lowest BCUT2D eigenvalue weighted by Gasteiger charge is -2.59. The zero-order valence-electron chi connectivity index (χ0n) is 28.9. The number of fused-ring (bicyclic) bond motifs is 2. The molecule has 2 amide bonds. The smallest absolute Gasteiger partial charge is 0.330 e. The number of rotatable bonds is 7. The molecule has 0 unspecified atom stereocenters. The van der Waals surface area contributed by atoms with Gasteiger partial charge in [-0.3, -0.25) is 9.59 Å². The van der Waals surface area contributed by atoms with Crippen LogP contribution in [0.4, 0.5) is 29.2 Å². The van der Waals surface area contributed by atoms with E-state index in [-0.39, 0.29) is 55.0 Å². The van der Waals surface area contributed by atoms with Gasteiger partial charge >= 0.3 is 5.97 Å². The number of likely N-dealkylation sites (tertiary alicyclic amines) is 1. The maximum absolute atomic E-state index is 15.4. The number of nitrogens with zero attached hydrogens (tertiary/aromatic N) is 4. The molecule has 2 aliphatic heterocycles. The van der Waals surface area contributed by atoms with E-state index in [0.717, 1.165) is 50.3 Å². The Bertz CT molecular complexity index is 1700. The average Bonchev–Trinajstić information content (AvgIpc) is 3.41. The van der Waals surface area contributed by atoms with Gasteiger partial charge in [-0.05, 0) is 105 Å². The summed E-state index contributed by atoms with van der Waals surface area (Å²) in [5, 5.41) is 13.3. The van der Waals surface area contributed by atoms with Crippen molar-refractivity contribution in [3.8, 4) is 0 Å². The molecule has 6 fully saturated rings. The molecule has 5 aliphatic carbocycles. The molecule has 1 spiro atoms. The van der Waals surface area contributed by atoms with Gasteiger partial charge in [-0.25, -0.2) is 23.5 Å². The normalized spacial score (nSPS) is 29.8. The van der Waals surface area contributed by atoms with Gasteiger partial charge in [0.05, 0.1) is 5.56 Å². The summed E-state index contributed by atoms with van der Waals surface area (Å²) < 4.78 is 57.3. The number of benzene rings is 1. The Morgan fingerprint density at radius 2 is 1.63 bits per heavy atom. The van der Waals surface area contributed by atoms with Crippen molar-refractivity contribution in [2.75, 3.05) is 24.5 Å². The summed E-state index contributed by atoms with van der Waals surface area (Å²) in [5.74, 6) is -6.12. The second kappa shape index (κ2) is 12.4. The summed E-state index contributed by atoms with van der Waals surface area (Å²) in [5.41, 5.74) is -1.01. The third-order valence-electron chi connectivity index (χ3n) is 13.3. The van der Waals surface area contributed by atoms with E-state index in [2.05, 4.69) is 15.3 Å². The van der Waals surface area contributed by atoms with E-state index in [4.69, 9.17) is 0 Å². The third kappa shape index (κ3) is 5.68. The first kappa shape index (κ1) is 34.3. The molecule has 4 bridgehead atoms. The van der Waals surface area contributed by atoms with Crippen LogP contribution in [0, 0.1) is 29.6 Å². The molecule has 274 valence electrons. The lowest BCUT2D eigenvalue weighted by atomic mass is 9.48. The zero-order chi connectivity index (χ0) is 35.9. The lowest BCUT2D eigenvalue weighted by Crippen LogP contribution is -2.70. The van der Waals surface area contributed by atoms with E-state index in [1.165, 1.54) is 0 Å². The van der Waals surface area contributed by atoms with Gasteiger partial charge in [0.1, 0.15) is 11.2 Å². The van der Waals surface area contributed by atoms with Gasteiger partial charge in [0.25, 0.3) is 17.7 Å². The number of alkyl halides is 4. The Balaban J connectivity index is 1.11. The number of aromatic nitrogens is 2. The zero-order valence-corrected chi connectivity index (χ0v) is 28.9. The number of amides is 2. The van der Waals surface area contributed by atoms with Crippen LogP contribution in [0.25, 0.3) is 0 Å². The molecule has 13 heteroatoms. The molecule has 7 aliphatic rings. The fraction of sp³-hybridized carbons (Fsp3) is 0.658. The number of piperidine rings is 1. The molecular weight excluding hydrogens is 666 g/mol. The van der Waals surface area contributed by atoms with Crippen molar-refractivity contribution in [2.45, 2.75) is 107 Å². The van der Waals surface area contributed by atoms with Crippen molar-refractivity contribution < 1.29 is 37.1 Å². The number of anilines is 2. The van der Waals surface area contributed by atoms with Crippen LogP contribution in [0.1, 0.15) is 116 Å². The number of hydrogen-bond donors (Lipinski definition) is 2. The minimum absolute atomic E-state index is 0.00231. The number of hydrogen-bond acceptors (Lipinski definition) is 6. The van der Waals surface area contributed by atoms with Crippen LogP contribution in [0.2, 0.25) is 0 Å². The Kier molecular flexibility index (Phi) is 8.36. The van der Waals surface area contributed by atoms with E-state index in [9.17, 15) is 28.3 Å². The first-order chi connectivity index (χ1) is 24.3. The van der Waals surface area contributed by atoms with E-state index < -0.39 is 46.9 Å². The quantitative estimate of drug-likeness (QED) is 0.296. The van der Waals surface area contributed by atoms with E-state index >= 15 is 8.78 Å². The highest BCUT2D eigenvalue weighted by molar-refractivity contribution is 5.99. The van der Waals surface area contributed by atoms with Gasteiger partial charge in [0, 0.05) is 55.3 Å². The second-order valence-electron chi connectivity index (χ2n) is 16.4. The number of halogens is 4. The molecule has 2 N–H and O–H groups in total. The fourth-order valence-electron chi connectivity index (χ4n) is 11.0. The van der Waals surface area contributed by atoms with Crippen LogP contribution in [0.3, 0.4) is 0 Å². The minimum Gasteiger partial charge on any atom is -0.479 e. The van der Waals surface area contributed by atoms with Gasteiger partial charge in [0.2, 0.25) is 12.4 Å². The Hall–Kier alpha value is -3.77. The maximum Gasteiger partial charge on any atom is 0.330 e. The molecule has 0 atom stereocenters. The van der Waals surface area contributed by atoms with Crippen molar-refractivity contribution in [1.82, 2.24) is 20.2 Å². The number of carbonyl (C=O) groups excluding carboxylic acids is 2. The standard InChI is InChI=1S/C38H45F4N5O4/c1-36(41,42)30-27(32(48)45-38(34(50)51)25-14-21-13-22(16-25)17-26(38)15-21)19-43-35(44-30)47-20-37(9-3-2-4-10-37)28-18-24(5-6-29(28)47)33(49)46-11-7-23(8-12-46)31(39)40/h5-6,18-19,21-23,25-26,31H,2-4,7-17,20H2,1H3,(H,45,48)(H,50,51). The molecule has 1 aromatic heterocycles. The Morgan fingerprint density at radius 3 is 2.22 bits per heavy atom. The van der Waals surface area contributed by atoms with Gasteiger partial charge in [-0.2, -0.15) is 8.78 Å². The predicted molar refractivity (Wildman–Crippen MR) is 179 cm³/mol. The summed E-state index contributed by atoms with van der Waals surface area (Å²) in [6, 6.07) is 5.34. The Morgan fingerprint density at radius 1 is 0.980 bits per heavy atom. The molecule has 0 radical (unpaired) electrons. The fourth-order valence-corrected chi connectivity index (χ4v) is 11.0. The molecule has 3 heterocycles. The SMILES string of the molecule is CC(F)(F)c1nc(N2CC3(CCCCC3)c3cc(C(=O)N4CCC(C(F)F)CC4)ccc32)ncc1C(=O)NC1(C(=O)O)C2CC3CC(C2)CC1C3. The monoisotopic (exact) mass is 711 g/mol. The van der Waals surface area contributed by atoms with Crippen molar-refractivity contribution >= 4 is 29.4 Å². The summed E-state index contributed by atoms with van der Waals surface area (Å²) >= 11 is 0. The van der Waals surface area contributed by atoms with Gasteiger partial charge in [0.15, 0.2) is 0 Å². The van der Waals surface area contributed by atoms with Crippen molar-refractivity contribution in [1.29, 1.82) is 0 Å². The molecular formula is C38H45F4N5O4. The Labute approximate surface area is 294 Å². The van der Waals surface area contributed by atoms with E-state index in [1.54, 1.807) is 21.9 Å². The van der Waals surface area contributed by atoms with Gasteiger partial charge < -0.3 is 20.2 Å². The second-order valence-corrected chi connectivity index (χ2v) is 16.4. The topological polar surface area (TPSA) is 116 Å². The largest absolute Gasteiger partial charge is 0.479 e. The van der Waals surface area contributed by atoms with Gasteiger partial charge in [-0.1, -0.05) is 19.3 Å². The first-order valence-corrected chi connectivity index (χ1v) is 18.6. The lowest BCUT2D eigenvalue weighted by molar-refractivity contribution is -0.163. The number of carboxylic acid groups (broad SMARTS) is 1. The number of aliphatic carboxylic acids is 1. The summed E-state index contributed by atoms with van der Waals surface area (Å²) in [7, 11) is 0. The number of carbonyl (C=O) groups is 3. The predicted octanol–water partition coefficient (Wildman–Crippen LogP) is 7.07. The van der Waals surface area contributed by atoms with Crippen molar-refractivity contribution in [2.24, 2.45) is 29.6 Å². The summed E-state index contributed by atoms with van der Waals surface area (Å²) in [6.07, 6.45) is 7.71. The van der Waals surface area contributed by atoms with Crippen LogP contribution >= 0.6 is 0 Å². The summed E-state index contributed by atoms with van der Waals surface area (Å²) in [6.45, 7) is 1.61.